The number of halogens is 1. The maximum atomic E-state index is 6.16. The zero-order valence-electron chi connectivity index (χ0n) is 11.5. The van der Waals surface area contributed by atoms with Crippen molar-refractivity contribution in [1.82, 2.24) is 0 Å². The highest BCUT2D eigenvalue weighted by Gasteiger charge is 2.15. The number of hydrogen-bond acceptors (Lipinski definition) is 2. The first-order chi connectivity index (χ1) is 9.00. The average molecular weight is 275 g/mol. The van der Waals surface area contributed by atoms with Crippen LogP contribution in [0.1, 0.15) is 24.1 Å². The zero-order valence-corrected chi connectivity index (χ0v) is 12.3. The third kappa shape index (κ3) is 2.85. The van der Waals surface area contributed by atoms with Crippen molar-refractivity contribution in [2.75, 3.05) is 17.7 Å². The summed E-state index contributed by atoms with van der Waals surface area (Å²) in [5.74, 6) is 0. The Balaban J connectivity index is 2.30. The molecule has 3 heteroatoms. The van der Waals surface area contributed by atoms with Crippen molar-refractivity contribution in [1.29, 1.82) is 0 Å². The van der Waals surface area contributed by atoms with Gasteiger partial charge in [0, 0.05) is 12.1 Å². The molecule has 0 aliphatic rings. The molecule has 0 saturated carbocycles. The predicted octanol–water partition coefficient (Wildman–Crippen LogP) is 4.43. The van der Waals surface area contributed by atoms with E-state index in [9.17, 15) is 0 Å². The first-order valence-electron chi connectivity index (χ1n) is 6.34. The van der Waals surface area contributed by atoms with Crippen LogP contribution in [0.2, 0.25) is 5.02 Å². The Morgan fingerprint density at radius 1 is 1.11 bits per heavy atom. The molecular formula is C16H19ClN2. The minimum Gasteiger partial charge on any atom is -0.397 e. The van der Waals surface area contributed by atoms with Gasteiger partial charge in [0.05, 0.1) is 17.4 Å². The summed E-state index contributed by atoms with van der Waals surface area (Å²) in [7, 11) is 2.06. The summed E-state index contributed by atoms with van der Waals surface area (Å²) in [4.78, 5) is 2.19. The number of para-hydroxylation sites is 1. The molecule has 0 aromatic heterocycles. The lowest BCUT2D eigenvalue weighted by Crippen LogP contribution is -2.22. The van der Waals surface area contributed by atoms with Gasteiger partial charge in [-0.3, -0.25) is 0 Å². The first kappa shape index (κ1) is 13.8. The van der Waals surface area contributed by atoms with Crippen LogP contribution in [0.5, 0.6) is 0 Å². The number of rotatable bonds is 3. The average Bonchev–Trinajstić information content (AvgIpc) is 2.41. The first-order valence-corrected chi connectivity index (χ1v) is 6.72. The van der Waals surface area contributed by atoms with E-state index in [4.69, 9.17) is 17.3 Å². The van der Waals surface area contributed by atoms with Gasteiger partial charge >= 0.3 is 0 Å². The van der Waals surface area contributed by atoms with E-state index in [1.165, 1.54) is 5.56 Å². The highest BCUT2D eigenvalue weighted by molar-refractivity contribution is 6.30. The van der Waals surface area contributed by atoms with Crippen molar-refractivity contribution < 1.29 is 0 Å². The quantitative estimate of drug-likeness (QED) is 0.839. The third-order valence-corrected chi connectivity index (χ3v) is 3.87. The van der Waals surface area contributed by atoms with Gasteiger partial charge in [0.1, 0.15) is 0 Å². The van der Waals surface area contributed by atoms with Crippen molar-refractivity contribution in [3.63, 3.8) is 0 Å². The lowest BCUT2D eigenvalue weighted by Gasteiger charge is -2.29. The van der Waals surface area contributed by atoms with E-state index in [-0.39, 0.29) is 6.04 Å². The summed E-state index contributed by atoms with van der Waals surface area (Å²) < 4.78 is 0. The SMILES string of the molecule is Cc1cccc(N(C)C(C)c2ccc(Cl)cc2)c1N. The number of aryl methyl sites for hydroxylation is 1. The summed E-state index contributed by atoms with van der Waals surface area (Å²) in [6.45, 7) is 4.19. The number of nitrogens with zero attached hydrogens (tertiary/aromatic N) is 1. The fourth-order valence-electron chi connectivity index (χ4n) is 2.15. The van der Waals surface area contributed by atoms with Gasteiger partial charge < -0.3 is 10.6 Å². The normalized spacial score (nSPS) is 12.2. The van der Waals surface area contributed by atoms with Crippen molar-refractivity contribution in [3.8, 4) is 0 Å². The second kappa shape index (κ2) is 5.54. The van der Waals surface area contributed by atoms with E-state index in [2.05, 4.69) is 37.1 Å². The zero-order chi connectivity index (χ0) is 14.0. The highest BCUT2D eigenvalue weighted by atomic mass is 35.5. The van der Waals surface area contributed by atoms with Gasteiger partial charge in [-0.2, -0.15) is 0 Å². The van der Waals surface area contributed by atoms with Gasteiger partial charge in [-0.1, -0.05) is 35.9 Å². The van der Waals surface area contributed by atoms with Crippen molar-refractivity contribution in [2.24, 2.45) is 0 Å². The van der Waals surface area contributed by atoms with Crippen molar-refractivity contribution in [2.45, 2.75) is 19.9 Å². The number of hydrogen-bond donors (Lipinski definition) is 1. The number of nitrogens with two attached hydrogens (primary N) is 1. The molecule has 0 spiro atoms. The van der Waals surface area contributed by atoms with Gasteiger partial charge in [0.15, 0.2) is 0 Å². The summed E-state index contributed by atoms with van der Waals surface area (Å²) in [6.07, 6.45) is 0. The van der Waals surface area contributed by atoms with Crippen LogP contribution in [-0.2, 0) is 0 Å². The van der Waals surface area contributed by atoms with Crippen LogP contribution in [0.25, 0.3) is 0 Å². The summed E-state index contributed by atoms with van der Waals surface area (Å²) in [5, 5.41) is 0.758. The molecular weight excluding hydrogens is 256 g/mol. The van der Waals surface area contributed by atoms with E-state index in [1.807, 2.05) is 31.2 Å². The number of anilines is 2. The van der Waals surface area contributed by atoms with Gasteiger partial charge in [-0.15, -0.1) is 0 Å². The van der Waals surface area contributed by atoms with Gasteiger partial charge in [-0.25, -0.2) is 0 Å². The highest BCUT2D eigenvalue weighted by Crippen LogP contribution is 2.31. The molecule has 0 bridgehead atoms. The Morgan fingerprint density at radius 3 is 2.37 bits per heavy atom. The van der Waals surface area contributed by atoms with Crippen molar-refractivity contribution in [3.05, 3.63) is 58.6 Å². The molecule has 0 amide bonds. The van der Waals surface area contributed by atoms with Crippen LogP contribution in [0.3, 0.4) is 0 Å². The van der Waals surface area contributed by atoms with Gasteiger partial charge in [0.2, 0.25) is 0 Å². The Bertz CT molecular complexity index is 563. The molecule has 2 N–H and O–H groups in total. The largest absolute Gasteiger partial charge is 0.397 e. The molecule has 2 aromatic rings. The number of nitrogen functional groups attached to an aromatic ring is 1. The molecule has 0 aliphatic carbocycles. The van der Waals surface area contributed by atoms with Crippen LogP contribution in [-0.4, -0.2) is 7.05 Å². The lowest BCUT2D eigenvalue weighted by molar-refractivity contribution is 0.740. The maximum Gasteiger partial charge on any atom is 0.0605 e. The maximum absolute atomic E-state index is 6.16. The molecule has 19 heavy (non-hydrogen) atoms. The van der Waals surface area contributed by atoms with Crippen LogP contribution < -0.4 is 10.6 Å². The molecule has 2 rings (SSSR count). The minimum absolute atomic E-state index is 0.237. The fourth-order valence-corrected chi connectivity index (χ4v) is 2.27. The molecule has 100 valence electrons. The molecule has 0 heterocycles. The summed E-state index contributed by atoms with van der Waals surface area (Å²) in [5.41, 5.74) is 10.4. The third-order valence-electron chi connectivity index (χ3n) is 3.61. The minimum atomic E-state index is 0.237. The summed E-state index contributed by atoms with van der Waals surface area (Å²) >= 11 is 5.93. The molecule has 0 radical (unpaired) electrons. The van der Waals surface area contributed by atoms with E-state index in [0.717, 1.165) is 22.0 Å². The Morgan fingerprint density at radius 2 is 1.74 bits per heavy atom. The number of benzene rings is 2. The fraction of sp³-hybridized carbons (Fsp3) is 0.250. The van der Waals surface area contributed by atoms with Crippen LogP contribution in [0.4, 0.5) is 11.4 Å². The van der Waals surface area contributed by atoms with Gasteiger partial charge in [-0.05, 0) is 43.2 Å². The lowest BCUT2D eigenvalue weighted by atomic mass is 10.1. The van der Waals surface area contributed by atoms with Crippen LogP contribution in [0.15, 0.2) is 42.5 Å². The van der Waals surface area contributed by atoms with E-state index < -0.39 is 0 Å². The molecule has 1 unspecified atom stereocenters. The van der Waals surface area contributed by atoms with E-state index >= 15 is 0 Å². The van der Waals surface area contributed by atoms with Crippen LogP contribution >= 0.6 is 11.6 Å². The second-order valence-electron chi connectivity index (χ2n) is 4.85. The smallest absolute Gasteiger partial charge is 0.0605 e. The molecule has 0 fully saturated rings. The van der Waals surface area contributed by atoms with Crippen molar-refractivity contribution >= 4 is 23.0 Å². The molecule has 1 atom stereocenters. The Kier molecular flexibility index (Phi) is 4.01. The Hall–Kier alpha value is -1.67. The molecule has 0 aliphatic heterocycles. The van der Waals surface area contributed by atoms with E-state index in [1.54, 1.807) is 0 Å². The topological polar surface area (TPSA) is 29.3 Å². The monoisotopic (exact) mass is 274 g/mol. The molecule has 0 saturated heterocycles. The Labute approximate surface area is 119 Å². The van der Waals surface area contributed by atoms with Crippen LogP contribution in [0, 0.1) is 6.92 Å². The summed E-state index contributed by atoms with van der Waals surface area (Å²) in [6, 6.07) is 14.3. The molecule has 2 aromatic carbocycles. The standard InChI is InChI=1S/C16H19ClN2/c1-11-5-4-6-15(16(11)18)19(3)12(2)13-7-9-14(17)10-8-13/h4-10,12H,18H2,1-3H3. The van der Waals surface area contributed by atoms with Gasteiger partial charge in [0.25, 0.3) is 0 Å². The van der Waals surface area contributed by atoms with E-state index in [0.29, 0.717) is 0 Å². The molecule has 2 nitrogen and oxygen atoms in total. The second-order valence-corrected chi connectivity index (χ2v) is 5.28. The predicted molar refractivity (Wildman–Crippen MR) is 83.9 cm³/mol.